The summed E-state index contributed by atoms with van der Waals surface area (Å²) in [5.74, 6) is 1.50. The molecule has 1 heterocycles. The SMILES string of the molecule is COc1ccc2nc(CCCCCC3CC3)c([O-])nc2c1. The third-order valence-corrected chi connectivity index (χ3v) is 4.13. The number of unbranched alkanes of at least 4 members (excludes halogenated alkanes) is 2. The van der Waals surface area contributed by atoms with Crippen molar-refractivity contribution in [3.05, 3.63) is 23.9 Å². The molecule has 1 aliphatic carbocycles. The molecule has 1 aliphatic rings. The molecule has 3 rings (SSSR count). The average Bonchev–Trinajstić information content (AvgIpc) is 3.31. The first-order valence-electron chi connectivity index (χ1n) is 7.78. The molecule has 0 amide bonds. The summed E-state index contributed by atoms with van der Waals surface area (Å²) in [6.07, 6.45) is 8.41. The van der Waals surface area contributed by atoms with E-state index in [-0.39, 0.29) is 5.88 Å². The van der Waals surface area contributed by atoms with Gasteiger partial charge in [0, 0.05) is 11.9 Å². The van der Waals surface area contributed by atoms with E-state index in [0.29, 0.717) is 17.0 Å². The second kappa shape index (κ2) is 6.29. The minimum atomic E-state index is -0.196. The lowest BCUT2D eigenvalue weighted by molar-refractivity contribution is -0.276. The van der Waals surface area contributed by atoms with E-state index in [1.54, 1.807) is 13.2 Å². The van der Waals surface area contributed by atoms with Gasteiger partial charge < -0.3 is 9.84 Å². The van der Waals surface area contributed by atoms with Crippen LogP contribution in [0.3, 0.4) is 0 Å². The number of methoxy groups -OCH3 is 1. The normalized spacial score (nSPS) is 14.5. The van der Waals surface area contributed by atoms with Crippen molar-refractivity contribution in [2.24, 2.45) is 5.92 Å². The molecular formula is C17H21N2O2-. The van der Waals surface area contributed by atoms with Crippen molar-refractivity contribution in [3.8, 4) is 11.6 Å². The van der Waals surface area contributed by atoms with E-state index in [1.165, 1.54) is 32.1 Å². The zero-order valence-electron chi connectivity index (χ0n) is 12.5. The van der Waals surface area contributed by atoms with Crippen LogP contribution in [0.1, 0.15) is 44.2 Å². The topological polar surface area (TPSA) is 58.1 Å². The quantitative estimate of drug-likeness (QED) is 0.733. The summed E-state index contributed by atoms with van der Waals surface area (Å²) in [7, 11) is 1.60. The van der Waals surface area contributed by atoms with Crippen molar-refractivity contribution in [2.45, 2.75) is 44.9 Å². The van der Waals surface area contributed by atoms with Crippen LogP contribution >= 0.6 is 0 Å². The zero-order valence-corrected chi connectivity index (χ0v) is 12.5. The standard InChI is InChI=1S/C17H22N2O2/c1-21-13-9-10-14-16(11-13)19-17(20)15(18-14)6-4-2-3-5-12-7-8-12/h9-12H,2-8H2,1H3,(H,19,20)/p-1. The van der Waals surface area contributed by atoms with Gasteiger partial charge in [0.25, 0.3) is 0 Å². The summed E-state index contributed by atoms with van der Waals surface area (Å²) < 4.78 is 5.14. The van der Waals surface area contributed by atoms with E-state index in [4.69, 9.17) is 4.74 Å². The minimum absolute atomic E-state index is 0.196. The van der Waals surface area contributed by atoms with Gasteiger partial charge in [-0.25, -0.2) is 0 Å². The van der Waals surface area contributed by atoms with Gasteiger partial charge in [0.2, 0.25) is 0 Å². The fourth-order valence-corrected chi connectivity index (χ4v) is 2.65. The molecule has 4 heteroatoms. The molecule has 0 N–H and O–H groups in total. The van der Waals surface area contributed by atoms with Gasteiger partial charge in [-0.2, -0.15) is 0 Å². The molecular weight excluding hydrogens is 264 g/mol. The monoisotopic (exact) mass is 285 g/mol. The zero-order chi connectivity index (χ0) is 14.7. The lowest BCUT2D eigenvalue weighted by atomic mass is 10.1. The molecule has 1 aromatic heterocycles. The molecule has 1 aromatic carbocycles. The summed E-state index contributed by atoms with van der Waals surface area (Å²) in [4.78, 5) is 8.59. The van der Waals surface area contributed by atoms with E-state index in [1.807, 2.05) is 12.1 Å². The van der Waals surface area contributed by atoms with Crippen LogP contribution in [0, 0.1) is 5.92 Å². The molecule has 0 unspecified atom stereocenters. The Bertz CT molecular complexity index is 623. The van der Waals surface area contributed by atoms with E-state index >= 15 is 0 Å². The van der Waals surface area contributed by atoms with Crippen molar-refractivity contribution in [1.82, 2.24) is 9.97 Å². The van der Waals surface area contributed by atoms with Crippen LogP contribution in [0.2, 0.25) is 0 Å². The number of aryl methyl sites for hydroxylation is 1. The van der Waals surface area contributed by atoms with Crippen LogP contribution in [0.4, 0.5) is 0 Å². The fraction of sp³-hybridized carbons (Fsp3) is 0.529. The molecule has 0 bridgehead atoms. The maximum atomic E-state index is 12.0. The molecule has 1 fully saturated rings. The molecule has 0 spiro atoms. The summed E-state index contributed by atoms with van der Waals surface area (Å²) >= 11 is 0. The number of rotatable bonds is 7. The summed E-state index contributed by atoms with van der Waals surface area (Å²) in [6.45, 7) is 0. The molecule has 4 nitrogen and oxygen atoms in total. The van der Waals surface area contributed by atoms with Crippen molar-refractivity contribution in [3.63, 3.8) is 0 Å². The molecule has 2 aromatic rings. The summed E-state index contributed by atoms with van der Waals surface area (Å²) in [5, 5.41) is 12.0. The lowest BCUT2D eigenvalue weighted by Crippen LogP contribution is -2.04. The highest BCUT2D eigenvalue weighted by Gasteiger charge is 2.19. The second-order valence-electron chi connectivity index (χ2n) is 5.87. The van der Waals surface area contributed by atoms with Crippen molar-refractivity contribution in [1.29, 1.82) is 0 Å². The van der Waals surface area contributed by atoms with Gasteiger partial charge >= 0.3 is 0 Å². The number of aromatic nitrogens is 2. The number of hydrogen-bond donors (Lipinski definition) is 0. The Balaban J connectivity index is 1.62. The van der Waals surface area contributed by atoms with E-state index in [0.717, 1.165) is 24.3 Å². The number of ether oxygens (including phenoxy) is 1. The van der Waals surface area contributed by atoms with Crippen LogP contribution in [0.5, 0.6) is 11.6 Å². The molecule has 112 valence electrons. The Morgan fingerprint density at radius 3 is 2.76 bits per heavy atom. The fourth-order valence-electron chi connectivity index (χ4n) is 2.65. The predicted octanol–water partition coefficient (Wildman–Crippen LogP) is 3.22. The average molecular weight is 285 g/mol. The Morgan fingerprint density at radius 2 is 2.00 bits per heavy atom. The molecule has 0 atom stereocenters. The molecule has 0 saturated heterocycles. The third-order valence-electron chi connectivity index (χ3n) is 4.13. The van der Waals surface area contributed by atoms with Crippen LogP contribution in [0.15, 0.2) is 18.2 Å². The number of benzene rings is 1. The van der Waals surface area contributed by atoms with Crippen LogP contribution in [-0.4, -0.2) is 17.1 Å². The Hall–Kier alpha value is -1.84. The summed E-state index contributed by atoms with van der Waals surface area (Å²) in [6, 6.07) is 5.46. The maximum Gasteiger partial charge on any atom is 0.121 e. The lowest BCUT2D eigenvalue weighted by Gasteiger charge is -2.13. The predicted molar refractivity (Wildman–Crippen MR) is 80.4 cm³/mol. The first-order valence-corrected chi connectivity index (χ1v) is 7.78. The van der Waals surface area contributed by atoms with Crippen molar-refractivity contribution >= 4 is 11.0 Å². The van der Waals surface area contributed by atoms with Gasteiger partial charge in [-0.3, -0.25) is 9.97 Å². The Morgan fingerprint density at radius 1 is 1.14 bits per heavy atom. The number of nitrogens with zero attached hydrogens (tertiary/aromatic N) is 2. The number of hydrogen-bond acceptors (Lipinski definition) is 4. The van der Waals surface area contributed by atoms with Gasteiger partial charge in [0.15, 0.2) is 0 Å². The maximum absolute atomic E-state index is 12.0. The van der Waals surface area contributed by atoms with Crippen molar-refractivity contribution in [2.75, 3.05) is 7.11 Å². The van der Waals surface area contributed by atoms with Crippen LogP contribution < -0.4 is 9.84 Å². The Kier molecular flexibility index (Phi) is 4.23. The van der Waals surface area contributed by atoms with E-state index in [9.17, 15) is 5.11 Å². The second-order valence-corrected chi connectivity index (χ2v) is 5.87. The highest BCUT2D eigenvalue weighted by molar-refractivity contribution is 5.76. The van der Waals surface area contributed by atoms with Gasteiger partial charge in [-0.15, -0.1) is 0 Å². The number of fused-ring (bicyclic) bond motifs is 1. The molecule has 1 saturated carbocycles. The Labute approximate surface area is 125 Å². The largest absolute Gasteiger partial charge is 0.857 e. The molecule has 0 aliphatic heterocycles. The summed E-state index contributed by atoms with van der Waals surface area (Å²) in [5.41, 5.74) is 1.97. The minimum Gasteiger partial charge on any atom is -0.857 e. The van der Waals surface area contributed by atoms with Crippen molar-refractivity contribution < 1.29 is 9.84 Å². The van der Waals surface area contributed by atoms with E-state index in [2.05, 4.69) is 9.97 Å². The van der Waals surface area contributed by atoms with Gasteiger partial charge in [-0.05, 0) is 30.9 Å². The first kappa shape index (κ1) is 14.1. The van der Waals surface area contributed by atoms with Gasteiger partial charge in [0.05, 0.1) is 23.8 Å². The van der Waals surface area contributed by atoms with Gasteiger partial charge in [0.1, 0.15) is 5.75 Å². The van der Waals surface area contributed by atoms with Crippen LogP contribution in [-0.2, 0) is 6.42 Å². The highest BCUT2D eigenvalue weighted by Crippen LogP contribution is 2.34. The smallest absolute Gasteiger partial charge is 0.121 e. The van der Waals surface area contributed by atoms with Gasteiger partial charge in [-0.1, -0.05) is 32.1 Å². The van der Waals surface area contributed by atoms with Crippen LogP contribution in [0.25, 0.3) is 11.0 Å². The molecule has 21 heavy (non-hydrogen) atoms. The molecule has 0 radical (unpaired) electrons. The third kappa shape index (κ3) is 3.63. The first-order chi connectivity index (χ1) is 10.3. The highest BCUT2D eigenvalue weighted by atomic mass is 16.5. The van der Waals surface area contributed by atoms with E-state index < -0.39 is 0 Å².